The smallest absolute Gasteiger partial charge is 0.321 e. The molecular formula is C12H17ClN2O2. The standard InChI is InChI=1S/C12H17ClN2O2/c1-2-6-15(7-8-16)12(17)14-11-5-3-4-10(13)9-11/h3-5,9,16H,2,6-8H2,1H3,(H,14,17). The number of nitrogens with one attached hydrogen (secondary N) is 1. The summed E-state index contributed by atoms with van der Waals surface area (Å²) < 4.78 is 0. The molecule has 0 aromatic heterocycles. The van der Waals surface area contributed by atoms with Crippen LogP contribution in [0.5, 0.6) is 0 Å². The van der Waals surface area contributed by atoms with Gasteiger partial charge in [0.1, 0.15) is 0 Å². The third-order valence-electron chi connectivity index (χ3n) is 2.23. The lowest BCUT2D eigenvalue weighted by Crippen LogP contribution is -2.37. The molecule has 0 atom stereocenters. The average Bonchev–Trinajstić information content (AvgIpc) is 2.28. The number of amides is 2. The number of hydrogen-bond donors (Lipinski definition) is 2. The number of aliphatic hydroxyl groups is 1. The van der Waals surface area contributed by atoms with E-state index < -0.39 is 0 Å². The number of anilines is 1. The van der Waals surface area contributed by atoms with E-state index in [0.29, 0.717) is 23.8 Å². The fraction of sp³-hybridized carbons (Fsp3) is 0.417. The van der Waals surface area contributed by atoms with E-state index in [0.717, 1.165) is 6.42 Å². The van der Waals surface area contributed by atoms with Crippen molar-refractivity contribution >= 4 is 23.3 Å². The van der Waals surface area contributed by atoms with Crippen LogP contribution < -0.4 is 5.32 Å². The van der Waals surface area contributed by atoms with Crippen LogP contribution in [0.1, 0.15) is 13.3 Å². The predicted molar refractivity (Wildman–Crippen MR) is 69.4 cm³/mol. The van der Waals surface area contributed by atoms with E-state index in [-0.39, 0.29) is 12.6 Å². The molecule has 0 fully saturated rings. The number of nitrogens with zero attached hydrogens (tertiary/aromatic N) is 1. The second kappa shape index (κ2) is 7.14. The van der Waals surface area contributed by atoms with Crippen LogP contribution in [0.3, 0.4) is 0 Å². The normalized spacial score (nSPS) is 10.1. The monoisotopic (exact) mass is 256 g/mol. The highest BCUT2D eigenvalue weighted by Gasteiger charge is 2.11. The molecule has 0 saturated heterocycles. The minimum absolute atomic E-state index is 0.0387. The Morgan fingerprint density at radius 3 is 2.82 bits per heavy atom. The van der Waals surface area contributed by atoms with Crippen molar-refractivity contribution in [1.29, 1.82) is 0 Å². The first-order valence-electron chi connectivity index (χ1n) is 5.59. The van der Waals surface area contributed by atoms with Crippen LogP contribution in [0.2, 0.25) is 5.02 Å². The molecule has 0 heterocycles. The first-order valence-corrected chi connectivity index (χ1v) is 5.97. The Morgan fingerprint density at radius 2 is 2.24 bits per heavy atom. The molecule has 0 aliphatic rings. The van der Waals surface area contributed by atoms with Crippen LogP contribution in [0, 0.1) is 0 Å². The molecule has 1 rings (SSSR count). The molecule has 0 unspecified atom stereocenters. The maximum absolute atomic E-state index is 11.9. The Labute approximate surface area is 106 Å². The SMILES string of the molecule is CCCN(CCO)C(=O)Nc1cccc(Cl)c1. The van der Waals surface area contributed by atoms with Gasteiger partial charge in [-0.2, -0.15) is 0 Å². The summed E-state index contributed by atoms with van der Waals surface area (Å²) in [5.41, 5.74) is 0.654. The predicted octanol–water partition coefficient (Wildman–Crippen LogP) is 2.58. The molecule has 4 nitrogen and oxygen atoms in total. The highest BCUT2D eigenvalue weighted by molar-refractivity contribution is 6.30. The topological polar surface area (TPSA) is 52.6 Å². The summed E-state index contributed by atoms with van der Waals surface area (Å²) in [7, 11) is 0. The van der Waals surface area contributed by atoms with E-state index in [1.807, 2.05) is 6.92 Å². The number of hydrogen-bond acceptors (Lipinski definition) is 2. The van der Waals surface area contributed by atoms with E-state index in [9.17, 15) is 4.79 Å². The first-order chi connectivity index (χ1) is 8.17. The molecule has 1 aromatic carbocycles. The summed E-state index contributed by atoms with van der Waals surface area (Å²) in [5.74, 6) is 0. The Balaban J connectivity index is 2.62. The van der Waals surface area contributed by atoms with Crippen LogP contribution in [0.25, 0.3) is 0 Å². The summed E-state index contributed by atoms with van der Waals surface area (Å²) in [6.45, 7) is 2.90. The summed E-state index contributed by atoms with van der Waals surface area (Å²) in [5, 5.41) is 12.2. The zero-order valence-corrected chi connectivity index (χ0v) is 10.6. The molecule has 0 aliphatic carbocycles. The number of benzene rings is 1. The fourth-order valence-electron chi connectivity index (χ4n) is 1.47. The number of aliphatic hydroxyl groups excluding tert-OH is 1. The van der Waals surface area contributed by atoms with E-state index in [1.54, 1.807) is 29.2 Å². The van der Waals surface area contributed by atoms with E-state index in [4.69, 9.17) is 16.7 Å². The average molecular weight is 257 g/mol. The van der Waals surface area contributed by atoms with Gasteiger partial charge in [0.15, 0.2) is 0 Å². The second-order valence-electron chi connectivity index (χ2n) is 3.65. The molecule has 5 heteroatoms. The largest absolute Gasteiger partial charge is 0.395 e. The highest BCUT2D eigenvalue weighted by atomic mass is 35.5. The van der Waals surface area contributed by atoms with Crippen molar-refractivity contribution in [2.45, 2.75) is 13.3 Å². The van der Waals surface area contributed by atoms with Crippen molar-refractivity contribution in [1.82, 2.24) is 4.90 Å². The molecular weight excluding hydrogens is 240 g/mol. The summed E-state index contributed by atoms with van der Waals surface area (Å²) in [6.07, 6.45) is 0.850. The third kappa shape index (κ3) is 4.63. The van der Waals surface area contributed by atoms with Crippen molar-refractivity contribution in [2.75, 3.05) is 25.0 Å². The van der Waals surface area contributed by atoms with Gasteiger partial charge in [0.2, 0.25) is 0 Å². The zero-order chi connectivity index (χ0) is 12.7. The van der Waals surface area contributed by atoms with Crippen LogP contribution in [-0.4, -0.2) is 35.7 Å². The maximum atomic E-state index is 11.9. The highest BCUT2D eigenvalue weighted by Crippen LogP contribution is 2.15. The lowest BCUT2D eigenvalue weighted by Gasteiger charge is -2.21. The molecule has 0 aliphatic heterocycles. The van der Waals surface area contributed by atoms with Gasteiger partial charge < -0.3 is 15.3 Å². The first kappa shape index (κ1) is 13.8. The molecule has 0 radical (unpaired) electrons. The van der Waals surface area contributed by atoms with Crippen LogP contribution in [0.4, 0.5) is 10.5 Å². The molecule has 1 aromatic rings. The molecule has 0 bridgehead atoms. The minimum Gasteiger partial charge on any atom is -0.395 e. The van der Waals surface area contributed by atoms with E-state index in [1.165, 1.54) is 0 Å². The van der Waals surface area contributed by atoms with Crippen molar-refractivity contribution < 1.29 is 9.90 Å². The Morgan fingerprint density at radius 1 is 1.47 bits per heavy atom. The number of rotatable bonds is 5. The summed E-state index contributed by atoms with van der Waals surface area (Å²) >= 11 is 5.83. The zero-order valence-electron chi connectivity index (χ0n) is 9.82. The number of carbonyl (C=O) groups excluding carboxylic acids is 1. The van der Waals surface area contributed by atoms with Crippen molar-refractivity contribution in [2.24, 2.45) is 0 Å². The van der Waals surface area contributed by atoms with Crippen LogP contribution in [-0.2, 0) is 0 Å². The van der Waals surface area contributed by atoms with Gasteiger partial charge in [-0.05, 0) is 24.6 Å². The maximum Gasteiger partial charge on any atom is 0.321 e. The van der Waals surface area contributed by atoms with Gasteiger partial charge in [0.05, 0.1) is 6.61 Å². The molecule has 17 heavy (non-hydrogen) atoms. The van der Waals surface area contributed by atoms with Gasteiger partial charge in [-0.3, -0.25) is 0 Å². The van der Waals surface area contributed by atoms with Gasteiger partial charge in [0.25, 0.3) is 0 Å². The molecule has 94 valence electrons. The van der Waals surface area contributed by atoms with Gasteiger partial charge in [0, 0.05) is 23.8 Å². The van der Waals surface area contributed by atoms with Gasteiger partial charge >= 0.3 is 6.03 Å². The van der Waals surface area contributed by atoms with E-state index in [2.05, 4.69) is 5.32 Å². The molecule has 0 spiro atoms. The number of halogens is 1. The number of urea groups is 1. The lowest BCUT2D eigenvalue weighted by atomic mass is 10.3. The van der Waals surface area contributed by atoms with Crippen LogP contribution in [0.15, 0.2) is 24.3 Å². The van der Waals surface area contributed by atoms with Crippen molar-refractivity contribution in [3.05, 3.63) is 29.3 Å². The lowest BCUT2D eigenvalue weighted by molar-refractivity contribution is 0.188. The molecule has 2 N–H and O–H groups in total. The van der Waals surface area contributed by atoms with Gasteiger partial charge in [-0.1, -0.05) is 24.6 Å². The Hall–Kier alpha value is -1.26. The quantitative estimate of drug-likeness (QED) is 0.851. The number of carbonyl (C=O) groups is 1. The minimum atomic E-state index is -0.219. The van der Waals surface area contributed by atoms with Crippen LogP contribution >= 0.6 is 11.6 Å². The Bertz CT molecular complexity index is 365. The molecule has 2 amide bonds. The van der Waals surface area contributed by atoms with Crippen molar-refractivity contribution in [3.8, 4) is 0 Å². The molecule has 0 saturated carbocycles. The fourth-order valence-corrected chi connectivity index (χ4v) is 1.66. The van der Waals surface area contributed by atoms with Crippen molar-refractivity contribution in [3.63, 3.8) is 0 Å². The second-order valence-corrected chi connectivity index (χ2v) is 4.09. The third-order valence-corrected chi connectivity index (χ3v) is 2.46. The Kier molecular flexibility index (Phi) is 5.80. The van der Waals surface area contributed by atoms with Gasteiger partial charge in [-0.25, -0.2) is 4.79 Å². The summed E-state index contributed by atoms with van der Waals surface area (Å²) in [6, 6.07) is 6.75. The summed E-state index contributed by atoms with van der Waals surface area (Å²) in [4.78, 5) is 13.4. The van der Waals surface area contributed by atoms with Gasteiger partial charge in [-0.15, -0.1) is 0 Å². The van der Waals surface area contributed by atoms with E-state index >= 15 is 0 Å².